The molecule has 0 saturated heterocycles. The highest BCUT2D eigenvalue weighted by Crippen LogP contribution is 2.30. The summed E-state index contributed by atoms with van der Waals surface area (Å²) < 4.78 is 60.7. The number of pyridine rings is 1. The highest BCUT2D eigenvalue weighted by atomic mass is 32.2. The fourth-order valence-corrected chi connectivity index (χ4v) is 2.17. The number of hydrogen-bond donors (Lipinski definition) is 1. The van der Waals surface area contributed by atoms with E-state index in [0.29, 0.717) is 6.07 Å². The van der Waals surface area contributed by atoms with Crippen molar-refractivity contribution < 1.29 is 21.6 Å². The number of nitrogens with two attached hydrogens (primary N) is 1. The third-order valence-corrected chi connectivity index (χ3v) is 3.05. The van der Waals surface area contributed by atoms with Gasteiger partial charge < -0.3 is 0 Å². The summed E-state index contributed by atoms with van der Waals surface area (Å²) in [7, 11) is -2.83. The van der Waals surface area contributed by atoms with Crippen LogP contribution in [0.3, 0.4) is 0 Å². The van der Waals surface area contributed by atoms with E-state index in [1.165, 1.54) is 7.05 Å². The predicted octanol–water partition coefficient (Wildman–Crippen LogP) is 0.635. The van der Waals surface area contributed by atoms with Crippen LogP contribution in [0.25, 0.3) is 11.0 Å². The molecule has 2 heterocycles. The van der Waals surface area contributed by atoms with Crippen molar-refractivity contribution in [2.24, 2.45) is 12.2 Å². The summed E-state index contributed by atoms with van der Waals surface area (Å²) in [4.78, 5) is 3.34. The van der Waals surface area contributed by atoms with E-state index in [2.05, 4.69) is 10.1 Å². The Hall–Kier alpha value is -1.68. The fourth-order valence-electron chi connectivity index (χ4n) is 1.47. The van der Waals surface area contributed by atoms with E-state index in [-0.39, 0.29) is 11.0 Å². The molecule has 0 atom stereocenters. The van der Waals surface area contributed by atoms with Gasteiger partial charge in [0.15, 0.2) is 5.65 Å². The Morgan fingerprint density at radius 3 is 2.44 bits per heavy atom. The maximum Gasteiger partial charge on any atom is 0.433 e. The number of alkyl halides is 3. The van der Waals surface area contributed by atoms with E-state index >= 15 is 0 Å². The average Bonchev–Trinajstić information content (AvgIpc) is 2.54. The first-order valence-corrected chi connectivity index (χ1v) is 6.09. The highest BCUT2D eigenvalue weighted by Gasteiger charge is 2.33. The molecule has 0 amide bonds. The van der Waals surface area contributed by atoms with Gasteiger partial charge >= 0.3 is 6.18 Å². The summed E-state index contributed by atoms with van der Waals surface area (Å²) in [6.07, 6.45) is -4.61. The number of sulfonamides is 1. The van der Waals surface area contributed by atoms with Gasteiger partial charge in [-0.3, -0.25) is 0 Å². The van der Waals surface area contributed by atoms with Gasteiger partial charge in [-0.2, -0.15) is 18.3 Å². The van der Waals surface area contributed by atoms with E-state index in [9.17, 15) is 21.6 Å². The zero-order valence-corrected chi connectivity index (χ0v) is 9.75. The van der Waals surface area contributed by atoms with E-state index in [1.807, 2.05) is 0 Å². The van der Waals surface area contributed by atoms with Gasteiger partial charge in [0.2, 0.25) is 5.03 Å². The van der Waals surface area contributed by atoms with Crippen LogP contribution in [0.4, 0.5) is 13.2 Å². The lowest BCUT2D eigenvalue weighted by Crippen LogP contribution is -2.13. The van der Waals surface area contributed by atoms with Gasteiger partial charge in [0, 0.05) is 7.05 Å². The lowest BCUT2D eigenvalue weighted by atomic mass is 10.3. The van der Waals surface area contributed by atoms with E-state index < -0.39 is 26.9 Å². The largest absolute Gasteiger partial charge is 0.433 e. The molecule has 98 valence electrons. The molecule has 6 nitrogen and oxygen atoms in total. The van der Waals surface area contributed by atoms with Gasteiger partial charge in [-0.1, -0.05) is 0 Å². The first-order chi connectivity index (χ1) is 8.10. The molecule has 18 heavy (non-hydrogen) atoms. The minimum absolute atomic E-state index is 0.0481. The first-order valence-electron chi connectivity index (χ1n) is 4.54. The molecule has 0 bridgehead atoms. The van der Waals surface area contributed by atoms with Crippen molar-refractivity contribution >= 4 is 21.1 Å². The minimum Gasteiger partial charge on any atom is -0.249 e. The van der Waals surface area contributed by atoms with Crippen LogP contribution in [0, 0.1) is 0 Å². The molecule has 0 aromatic carbocycles. The Bertz CT molecular complexity index is 720. The first kappa shape index (κ1) is 12.8. The van der Waals surface area contributed by atoms with Gasteiger partial charge in [-0.05, 0) is 12.1 Å². The molecule has 2 aromatic heterocycles. The standard InChI is InChI=1S/C8H7F3N4O2S/c1-15-6-4(7(14-15)18(12,16)17)2-3-5(13-6)8(9,10)11/h2-3H,1H3,(H2,12,16,17). The van der Waals surface area contributed by atoms with Crippen LogP contribution in [0.15, 0.2) is 17.2 Å². The molecule has 0 aliphatic heterocycles. The van der Waals surface area contributed by atoms with Crippen molar-refractivity contribution in [2.75, 3.05) is 0 Å². The van der Waals surface area contributed by atoms with Crippen molar-refractivity contribution in [1.82, 2.24) is 14.8 Å². The molecule has 0 radical (unpaired) electrons. The third kappa shape index (κ3) is 2.04. The second-order valence-corrected chi connectivity index (χ2v) is 5.02. The number of rotatable bonds is 1. The molecular weight excluding hydrogens is 273 g/mol. The maximum atomic E-state index is 12.5. The SMILES string of the molecule is Cn1nc(S(N)(=O)=O)c2ccc(C(F)(F)F)nc21. The number of primary sulfonamides is 1. The van der Waals surface area contributed by atoms with E-state index in [0.717, 1.165) is 10.7 Å². The van der Waals surface area contributed by atoms with Crippen molar-refractivity contribution in [2.45, 2.75) is 11.2 Å². The van der Waals surface area contributed by atoms with Crippen LogP contribution in [0.5, 0.6) is 0 Å². The maximum absolute atomic E-state index is 12.5. The van der Waals surface area contributed by atoms with Gasteiger partial charge in [0.25, 0.3) is 10.0 Å². The van der Waals surface area contributed by atoms with Crippen LogP contribution in [0.2, 0.25) is 0 Å². The lowest BCUT2D eigenvalue weighted by Gasteiger charge is -2.05. The van der Waals surface area contributed by atoms with E-state index in [4.69, 9.17) is 5.14 Å². The summed E-state index contributed by atoms with van der Waals surface area (Å²) in [6.45, 7) is 0. The molecule has 2 aromatic rings. The monoisotopic (exact) mass is 280 g/mol. The van der Waals surface area contributed by atoms with Crippen LogP contribution in [0.1, 0.15) is 5.69 Å². The summed E-state index contributed by atoms with van der Waals surface area (Å²) in [5, 5.41) is 7.92. The van der Waals surface area contributed by atoms with Gasteiger partial charge in [-0.25, -0.2) is 23.2 Å². The Morgan fingerprint density at radius 1 is 1.33 bits per heavy atom. The smallest absolute Gasteiger partial charge is 0.249 e. The Morgan fingerprint density at radius 2 is 1.94 bits per heavy atom. The van der Waals surface area contributed by atoms with Gasteiger partial charge in [-0.15, -0.1) is 0 Å². The summed E-state index contributed by atoms with van der Waals surface area (Å²) >= 11 is 0. The van der Waals surface area contributed by atoms with Crippen molar-refractivity contribution in [3.63, 3.8) is 0 Å². The van der Waals surface area contributed by atoms with Gasteiger partial charge in [0.1, 0.15) is 5.69 Å². The zero-order valence-electron chi connectivity index (χ0n) is 8.93. The van der Waals surface area contributed by atoms with Crippen molar-refractivity contribution in [1.29, 1.82) is 0 Å². The second kappa shape index (κ2) is 3.65. The predicted molar refractivity (Wildman–Crippen MR) is 54.9 cm³/mol. The van der Waals surface area contributed by atoms with Crippen LogP contribution in [-0.4, -0.2) is 23.2 Å². The van der Waals surface area contributed by atoms with Gasteiger partial charge in [0.05, 0.1) is 5.39 Å². The number of hydrogen-bond acceptors (Lipinski definition) is 4. The molecule has 0 unspecified atom stereocenters. The normalized spacial score (nSPS) is 13.2. The minimum atomic E-state index is -4.61. The Balaban J connectivity index is 2.79. The van der Waals surface area contributed by atoms with E-state index in [1.54, 1.807) is 0 Å². The van der Waals surface area contributed by atoms with Crippen molar-refractivity contribution in [3.8, 4) is 0 Å². The number of aryl methyl sites for hydroxylation is 1. The van der Waals surface area contributed by atoms with Crippen LogP contribution < -0.4 is 5.14 Å². The summed E-state index contributed by atoms with van der Waals surface area (Å²) in [5.74, 6) is 0. The highest BCUT2D eigenvalue weighted by molar-refractivity contribution is 7.89. The number of aromatic nitrogens is 3. The Labute approximate surface area is 99.3 Å². The molecule has 10 heteroatoms. The summed E-state index contributed by atoms with van der Waals surface area (Å²) in [6, 6.07) is 1.66. The van der Waals surface area contributed by atoms with Crippen LogP contribution >= 0.6 is 0 Å². The number of halogens is 3. The lowest BCUT2D eigenvalue weighted by molar-refractivity contribution is -0.141. The number of fused-ring (bicyclic) bond motifs is 1. The Kier molecular flexibility index (Phi) is 2.59. The molecule has 2 rings (SSSR count). The topological polar surface area (TPSA) is 90.9 Å². The van der Waals surface area contributed by atoms with Crippen LogP contribution in [-0.2, 0) is 23.2 Å². The fraction of sp³-hybridized carbons (Fsp3) is 0.250. The molecule has 0 saturated carbocycles. The molecule has 0 aliphatic carbocycles. The molecule has 0 fully saturated rings. The second-order valence-electron chi connectivity index (χ2n) is 3.54. The van der Waals surface area contributed by atoms with Crippen molar-refractivity contribution in [3.05, 3.63) is 17.8 Å². The summed E-state index contributed by atoms with van der Waals surface area (Å²) in [5.41, 5.74) is -1.33. The molecule has 0 spiro atoms. The molecular formula is C8H7F3N4O2S. The zero-order chi connectivity index (χ0) is 13.7. The quantitative estimate of drug-likeness (QED) is 0.829. The molecule has 2 N–H and O–H groups in total. The third-order valence-electron chi connectivity index (χ3n) is 2.21. The average molecular weight is 280 g/mol. The number of nitrogens with zero attached hydrogens (tertiary/aromatic N) is 3. The molecule has 0 aliphatic rings.